The molecule has 2 N–H and O–H groups in total. The van der Waals surface area contributed by atoms with E-state index in [4.69, 9.17) is 10.5 Å². The first-order valence-electron chi connectivity index (χ1n) is 5.86. The van der Waals surface area contributed by atoms with Crippen LogP contribution in [0, 0.1) is 0 Å². The van der Waals surface area contributed by atoms with Crippen LogP contribution >= 0.6 is 0 Å². The van der Waals surface area contributed by atoms with E-state index >= 15 is 0 Å². The summed E-state index contributed by atoms with van der Waals surface area (Å²) in [6.45, 7) is 6.14. The third-order valence-corrected chi connectivity index (χ3v) is 2.41. The second kappa shape index (κ2) is 7.45. The van der Waals surface area contributed by atoms with Gasteiger partial charge in [-0.25, -0.2) is 0 Å². The first-order chi connectivity index (χ1) is 8.65. The number of rotatable bonds is 7. The van der Waals surface area contributed by atoms with Crippen molar-refractivity contribution in [1.29, 1.82) is 0 Å². The molecule has 1 rings (SSSR count). The molecule has 3 nitrogen and oxygen atoms in total. The van der Waals surface area contributed by atoms with Gasteiger partial charge in [0, 0.05) is 0 Å². The first-order valence-corrected chi connectivity index (χ1v) is 5.86. The van der Waals surface area contributed by atoms with Gasteiger partial charge in [0.1, 0.15) is 18.6 Å². The van der Waals surface area contributed by atoms with Crippen LogP contribution in [0.5, 0.6) is 5.75 Å². The highest BCUT2D eigenvalue weighted by molar-refractivity contribution is 5.57. The van der Waals surface area contributed by atoms with Crippen molar-refractivity contribution < 1.29 is 9.53 Å². The van der Waals surface area contributed by atoms with E-state index in [1.807, 2.05) is 37.3 Å². The van der Waals surface area contributed by atoms with Gasteiger partial charge in [-0.05, 0) is 36.6 Å². The van der Waals surface area contributed by atoms with Gasteiger partial charge >= 0.3 is 0 Å². The number of benzene rings is 1. The normalized spacial score (nSPS) is 12.9. The molecular formula is C15H19NO2. The molecule has 0 heterocycles. The third-order valence-electron chi connectivity index (χ3n) is 2.41. The lowest BCUT2D eigenvalue weighted by Crippen LogP contribution is -2.24. The van der Waals surface area contributed by atoms with E-state index in [2.05, 4.69) is 6.58 Å². The Labute approximate surface area is 108 Å². The van der Waals surface area contributed by atoms with E-state index in [-0.39, 0.29) is 0 Å². The van der Waals surface area contributed by atoms with Crippen LogP contribution in [0.1, 0.15) is 12.5 Å². The zero-order valence-corrected chi connectivity index (χ0v) is 10.6. The van der Waals surface area contributed by atoms with Crippen LogP contribution in [0.3, 0.4) is 0 Å². The van der Waals surface area contributed by atoms with Gasteiger partial charge in [0.05, 0.1) is 6.04 Å². The molecule has 1 aromatic rings. The summed E-state index contributed by atoms with van der Waals surface area (Å²) in [6.07, 6.45) is 4.93. The first kappa shape index (κ1) is 14.2. The van der Waals surface area contributed by atoms with Gasteiger partial charge < -0.3 is 15.3 Å². The second-order valence-corrected chi connectivity index (χ2v) is 4.19. The molecule has 3 heteroatoms. The molecule has 0 aliphatic carbocycles. The summed E-state index contributed by atoms with van der Waals surface area (Å²) in [5.74, 6) is 0.780. The van der Waals surface area contributed by atoms with Crippen molar-refractivity contribution in [3.05, 3.63) is 54.1 Å². The smallest absolute Gasteiger partial charge is 0.137 e. The maximum absolute atomic E-state index is 10.5. The second-order valence-electron chi connectivity index (χ2n) is 4.19. The predicted molar refractivity (Wildman–Crippen MR) is 73.6 cm³/mol. The van der Waals surface area contributed by atoms with Crippen LogP contribution in [0.2, 0.25) is 0 Å². The standard InChI is InChI=1S/C15H19NO2/c1-3-5-12(2)11-18-15-7-4-6-13(9-15)8-14(16)10-17/h3-7,9-10,14H,1,8,11,16H2,2H3/b12-5+. The average Bonchev–Trinajstić information content (AvgIpc) is 2.37. The molecule has 1 atom stereocenters. The largest absolute Gasteiger partial charge is 0.489 e. The Kier molecular flexibility index (Phi) is 5.88. The van der Waals surface area contributed by atoms with Gasteiger partial charge in [-0.2, -0.15) is 0 Å². The van der Waals surface area contributed by atoms with Crippen LogP contribution in [0.4, 0.5) is 0 Å². The SMILES string of the molecule is C=C/C=C(\C)COc1cccc(CC(N)C=O)c1. The van der Waals surface area contributed by atoms with Gasteiger partial charge in [0.2, 0.25) is 0 Å². The Morgan fingerprint density at radius 1 is 1.56 bits per heavy atom. The van der Waals surface area contributed by atoms with Crippen molar-refractivity contribution in [3.8, 4) is 5.75 Å². The quantitative estimate of drug-likeness (QED) is 0.592. The highest BCUT2D eigenvalue weighted by atomic mass is 16.5. The summed E-state index contributed by atoms with van der Waals surface area (Å²) in [5, 5.41) is 0. The molecule has 0 saturated carbocycles. The van der Waals surface area contributed by atoms with Gasteiger partial charge in [0.25, 0.3) is 0 Å². The molecule has 1 aromatic carbocycles. The highest BCUT2D eigenvalue weighted by Crippen LogP contribution is 2.15. The molecule has 0 aromatic heterocycles. The van der Waals surface area contributed by atoms with E-state index in [9.17, 15) is 4.79 Å². The van der Waals surface area contributed by atoms with Crippen LogP contribution in [0.25, 0.3) is 0 Å². The van der Waals surface area contributed by atoms with Crippen molar-refractivity contribution >= 4 is 6.29 Å². The topological polar surface area (TPSA) is 52.3 Å². The van der Waals surface area contributed by atoms with Crippen molar-refractivity contribution in [2.75, 3.05) is 6.61 Å². The molecule has 0 spiro atoms. The minimum atomic E-state index is -0.456. The Morgan fingerprint density at radius 3 is 3.00 bits per heavy atom. The van der Waals surface area contributed by atoms with Crippen molar-refractivity contribution in [1.82, 2.24) is 0 Å². The third kappa shape index (κ3) is 4.97. The van der Waals surface area contributed by atoms with Crippen LogP contribution in [-0.4, -0.2) is 18.9 Å². The maximum atomic E-state index is 10.5. The molecule has 96 valence electrons. The summed E-state index contributed by atoms with van der Waals surface area (Å²) in [7, 11) is 0. The monoisotopic (exact) mass is 245 g/mol. The van der Waals surface area contributed by atoms with E-state index in [1.165, 1.54) is 0 Å². The van der Waals surface area contributed by atoms with E-state index < -0.39 is 6.04 Å². The number of allylic oxidation sites excluding steroid dienone is 2. The summed E-state index contributed by atoms with van der Waals surface area (Å²) >= 11 is 0. The van der Waals surface area contributed by atoms with Crippen molar-refractivity contribution in [2.45, 2.75) is 19.4 Å². The fraction of sp³-hybridized carbons (Fsp3) is 0.267. The van der Waals surface area contributed by atoms with Crippen LogP contribution in [-0.2, 0) is 11.2 Å². The van der Waals surface area contributed by atoms with Gasteiger partial charge in [-0.3, -0.25) is 0 Å². The fourth-order valence-corrected chi connectivity index (χ4v) is 1.53. The molecular weight excluding hydrogens is 226 g/mol. The van der Waals surface area contributed by atoms with Crippen molar-refractivity contribution in [2.24, 2.45) is 5.73 Å². The molecule has 18 heavy (non-hydrogen) atoms. The lowest BCUT2D eigenvalue weighted by Gasteiger charge is -2.09. The molecule has 0 fully saturated rings. The summed E-state index contributed by atoms with van der Waals surface area (Å²) in [5.41, 5.74) is 7.68. The van der Waals surface area contributed by atoms with Gasteiger partial charge in [-0.1, -0.05) is 30.9 Å². The molecule has 0 aliphatic heterocycles. The van der Waals surface area contributed by atoms with E-state index in [1.54, 1.807) is 6.08 Å². The number of ether oxygens (including phenoxy) is 1. The highest BCUT2D eigenvalue weighted by Gasteiger charge is 2.03. The zero-order chi connectivity index (χ0) is 13.4. The van der Waals surface area contributed by atoms with Crippen LogP contribution in [0.15, 0.2) is 48.6 Å². The zero-order valence-electron chi connectivity index (χ0n) is 10.6. The van der Waals surface area contributed by atoms with Gasteiger partial charge in [0.15, 0.2) is 0 Å². The van der Waals surface area contributed by atoms with Crippen LogP contribution < -0.4 is 10.5 Å². The number of nitrogens with two attached hydrogens (primary N) is 1. The van der Waals surface area contributed by atoms with E-state index in [0.717, 1.165) is 23.2 Å². The summed E-state index contributed by atoms with van der Waals surface area (Å²) in [4.78, 5) is 10.5. The number of aldehydes is 1. The van der Waals surface area contributed by atoms with E-state index in [0.29, 0.717) is 13.0 Å². The molecule has 0 radical (unpaired) electrons. The Balaban J connectivity index is 2.62. The Bertz CT molecular complexity index is 438. The van der Waals surface area contributed by atoms with Gasteiger partial charge in [-0.15, -0.1) is 0 Å². The Hall–Kier alpha value is -1.87. The summed E-state index contributed by atoms with van der Waals surface area (Å²) in [6, 6.07) is 7.17. The Morgan fingerprint density at radius 2 is 2.33 bits per heavy atom. The fourth-order valence-electron chi connectivity index (χ4n) is 1.53. The summed E-state index contributed by atoms with van der Waals surface area (Å²) < 4.78 is 5.63. The number of carbonyl (C=O) groups excluding carboxylic acids is 1. The maximum Gasteiger partial charge on any atom is 0.137 e. The molecule has 0 bridgehead atoms. The molecule has 0 saturated heterocycles. The average molecular weight is 245 g/mol. The minimum Gasteiger partial charge on any atom is -0.489 e. The number of hydrogen-bond donors (Lipinski definition) is 1. The molecule has 1 unspecified atom stereocenters. The van der Waals surface area contributed by atoms with Crippen molar-refractivity contribution in [3.63, 3.8) is 0 Å². The molecule has 0 aliphatic rings. The predicted octanol–water partition coefficient (Wildman–Crippen LogP) is 2.27. The minimum absolute atomic E-state index is 0.456. The lowest BCUT2D eigenvalue weighted by molar-refractivity contribution is -0.108. The number of hydrogen-bond acceptors (Lipinski definition) is 3. The molecule has 0 amide bonds. The lowest BCUT2D eigenvalue weighted by atomic mass is 10.1. The number of carbonyl (C=O) groups is 1.